The third-order valence-electron chi connectivity index (χ3n) is 2.25. The third kappa shape index (κ3) is 2.81. The van der Waals surface area contributed by atoms with Crippen molar-refractivity contribution in [3.63, 3.8) is 0 Å². The van der Waals surface area contributed by atoms with Crippen LogP contribution in [0.5, 0.6) is 0 Å². The van der Waals surface area contributed by atoms with Gasteiger partial charge in [0.1, 0.15) is 0 Å². The summed E-state index contributed by atoms with van der Waals surface area (Å²) >= 11 is 0. The summed E-state index contributed by atoms with van der Waals surface area (Å²) in [5.74, 6) is 0.479. The van der Waals surface area contributed by atoms with E-state index in [-0.39, 0.29) is 5.97 Å². The fourth-order valence-electron chi connectivity index (χ4n) is 1.65. The molecule has 1 rings (SSSR count). The first kappa shape index (κ1) is 9.52. The second-order valence-electron chi connectivity index (χ2n) is 3.43. The molecule has 0 aromatic carbocycles. The quantitative estimate of drug-likeness (QED) is 0.591. The van der Waals surface area contributed by atoms with Crippen LogP contribution in [0, 0.1) is 5.92 Å². The molecule has 3 nitrogen and oxygen atoms in total. The van der Waals surface area contributed by atoms with E-state index in [1.807, 2.05) is 6.92 Å². The first-order valence-corrected chi connectivity index (χ1v) is 4.56. The fraction of sp³-hybridized carbons (Fsp3) is 0.889. The van der Waals surface area contributed by atoms with Gasteiger partial charge in [-0.25, -0.2) is 0 Å². The third-order valence-corrected chi connectivity index (χ3v) is 2.25. The zero-order chi connectivity index (χ0) is 8.97. The molecule has 0 aromatic heterocycles. The number of likely N-dealkylation sites (tertiary alicyclic amines) is 1. The number of carbonyl (C=O) groups is 1. The maximum Gasteiger partial charge on any atom is 0.306 e. The molecule has 70 valence electrons. The van der Waals surface area contributed by atoms with Crippen LogP contribution >= 0.6 is 0 Å². The van der Waals surface area contributed by atoms with Crippen molar-refractivity contribution < 1.29 is 9.53 Å². The molecule has 3 heteroatoms. The van der Waals surface area contributed by atoms with E-state index in [4.69, 9.17) is 4.74 Å². The Labute approximate surface area is 73.7 Å². The fourth-order valence-corrected chi connectivity index (χ4v) is 1.65. The van der Waals surface area contributed by atoms with Crippen LogP contribution in [-0.2, 0) is 9.53 Å². The molecule has 1 saturated heterocycles. The van der Waals surface area contributed by atoms with Gasteiger partial charge < -0.3 is 9.64 Å². The highest BCUT2D eigenvalue weighted by Gasteiger charge is 2.22. The summed E-state index contributed by atoms with van der Waals surface area (Å²) in [6.07, 6.45) is 1.73. The van der Waals surface area contributed by atoms with Crippen molar-refractivity contribution in [3.05, 3.63) is 0 Å². The van der Waals surface area contributed by atoms with Gasteiger partial charge in [-0.1, -0.05) is 0 Å². The summed E-state index contributed by atoms with van der Waals surface area (Å²) in [6.45, 7) is 4.50. The van der Waals surface area contributed by atoms with Gasteiger partial charge in [-0.3, -0.25) is 4.79 Å². The van der Waals surface area contributed by atoms with Crippen LogP contribution in [0.4, 0.5) is 0 Å². The van der Waals surface area contributed by atoms with E-state index in [0.717, 1.165) is 19.5 Å². The SMILES string of the molecule is CCOC(=O)C[C@@H]1CCN(C)C1. The molecule has 0 spiro atoms. The Morgan fingerprint density at radius 3 is 2.92 bits per heavy atom. The minimum Gasteiger partial charge on any atom is -0.466 e. The molecule has 1 aliphatic rings. The minimum atomic E-state index is -0.0437. The van der Waals surface area contributed by atoms with Crippen molar-refractivity contribution in [1.29, 1.82) is 0 Å². The molecule has 0 saturated carbocycles. The average molecular weight is 171 g/mol. The molecular weight excluding hydrogens is 154 g/mol. The Bertz CT molecular complexity index is 159. The van der Waals surface area contributed by atoms with Crippen LogP contribution in [0.1, 0.15) is 19.8 Å². The van der Waals surface area contributed by atoms with Crippen LogP contribution in [-0.4, -0.2) is 37.6 Å². The van der Waals surface area contributed by atoms with Crippen LogP contribution in [0.15, 0.2) is 0 Å². The predicted molar refractivity (Wildman–Crippen MR) is 46.9 cm³/mol. The molecule has 0 unspecified atom stereocenters. The Morgan fingerprint density at radius 1 is 1.67 bits per heavy atom. The zero-order valence-electron chi connectivity index (χ0n) is 7.88. The van der Waals surface area contributed by atoms with Crippen LogP contribution in [0.25, 0.3) is 0 Å². The number of ether oxygens (including phenoxy) is 1. The van der Waals surface area contributed by atoms with Crippen LogP contribution < -0.4 is 0 Å². The van der Waals surface area contributed by atoms with E-state index in [1.54, 1.807) is 0 Å². The van der Waals surface area contributed by atoms with Gasteiger partial charge in [0, 0.05) is 13.0 Å². The monoisotopic (exact) mass is 171 g/mol. The molecule has 1 aliphatic heterocycles. The highest BCUT2D eigenvalue weighted by Crippen LogP contribution is 2.18. The molecule has 0 bridgehead atoms. The topological polar surface area (TPSA) is 29.5 Å². The normalized spacial score (nSPS) is 24.3. The van der Waals surface area contributed by atoms with E-state index < -0.39 is 0 Å². The van der Waals surface area contributed by atoms with Gasteiger partial charge in [0.25, 0.3) is 0 Å². The Balaban J connectivity index is 2.18. The Morgan fingerprint density at radius 2 is 2.42 bits per heavy atom. The predicted octanol–water partition coefficient (Wildman–Crippen LogP) is 0.891. The van der Waals surface area contributed by atoms with Crippen molar-refractivity contribution in [2.24, 2.45) is 5.92 Å². The summed E-state index contributed by atoms with van der Waals surface area (Å²) < 4.78 is 4.88. The summed E-state index contributed by atoms with van der Waals surface area (Å²) in [4.78, 5) is 13.3. The summed E-state index contributed by atoms with van der Waals surface area (Å²) in [5.41, 5.74) is 0. The Hall–Kier alpha value is -0.570. The number of hydrogen-bond donors (Lipinski definition) is 0. The molecule has 0 aliphatic carbocycles. The van der Waals surface area contributed by atoms with Crippen molar-refractivity contribution in [3.8, 4) is 0 Å². The highest BCUT2D eigenvalue weighted by molar-refractivity contribution is 5.69. The molecule has 0 amide bonds. The largest absolute Gasteiger partial charge is 0.466 e. The van der Waals surface area contributed by atoms with Gasteiger partial charge in [-0.05, 0) is 32.9 Å². The maximum absolute atomic E-state index is 11.1. The highest BCUT2D eigenvalue weighted by atomic mass is 16.5. The summed E-state index contributed by atoms with van der Waals surface area (Å²) in [7, 11) is 2.09. The number of rotatable bonds is 3. The van der Waals surface area contributed by atoms with Crippen molar-refractivity contribution >= 4 is 5.97 Å². The van der Waals surface area contributed by atoms with Gasteiger partial charge in [0.05, 0.1) is 6.61 Å². The van der Waals surface area contributed by atoms with Crippen molar-refractivity contribution in [1.82, 2.24) is 4.90 Å². The lowest BCUT2D eigenvalue weighted by atomic mass is 10.1. The van der Waals surface area contributed by atoms with Crippen LogP contribution in [0.2, 0.25) is 0 Å². The summed E-state index contributed by atoms with van der Waals surface area (Å²) in [5, 5.41) is 0. The average Bonchev–Trinajstić information content (AvgIpc) is 2.36. The van der Waals surface area contributed by atoms with E-state index in [9.17, 15) is 4.79 Å². The van der Waals surface area contributed by atoms with Crippen molar-refractivity contribution in [2.45, 2.75) is 19.8 Å². The first-order valence-electron chi connectivity index (χ1n) is 4.56. The number of nitrogens with zero attached hydrogens (tertiary/aromatic N) is 1. The van der Waals surface area contributed by atoms with Gasteiger partial charge in [0.2, 0.25) is 0 Å². The lowest BCUT2D eigenvalue weighted by Gasteiger charge is -2.08. The van der Waals surface area contributed by atoms with Gasteiger partial charge in [-0.2, -0.15) is 0 Å². The number of carbonyl (C=O) groups excluding carboxylic acids is 1. The molecule has 0 radical (unpaired) electrons. The number of esters is 1. The van der Waals surface area contributed by atoms with Crippen LogP contribution in [0.3, 0.4) is 0 Å². The second kappa shape index (κ2) is 4.45. The van der Waals surface area contributed by atoms with E-state index in [2.05, 4.69) is 11.9 Å². The van der Waals surface area contributed by atoms with E-state index in [0.29, 0.717) is 18.9 Å². The van der Waals surface area contributed by atoms with Crippen molar-refractivity contribution in [2.75, 3.05) is 26.7 Å². The lowest BCUT2D eigenvalue weighted by molar-refractivity contribution is -0.144. The molecule has 0 aromatic rings. The molecule has 1 atom stereocenters. The van der Waals surface area contributed by atoms with Gasteiger partial charge in [0.15, 0.2) is 0 Å². The Kier molecular flexibility index (Phi) is 3.53. The zero-order valence-corrected chi connectivity index (χ0v) is 7.88. The smallest absolute Gasteiger partial charge is 0.306 e. The number of hydrogen-bond acceptors (Lipinski definition) is 3. The molecule has 12 heavy (non-hydrogen) atoms. The standard InChI is InChI=1S/C9H17NO2/c1-3-12-9(11)6-8-4-5-10(2)7-8/h8H,3-7H2,1-2H3/t8-/m0/s1. The molecule has 1 fully saturated rings. The molecular formula is C9H17NO2. The summed E-state index contributed by atoms with van der Waals surface area (Å²) in [6, 6.07) is 0. The molecule has 1 heterocycles. The maximum atomic E-state index is 11.1. The van der Waals surface area contributed by atoms with Gasteiger partial charge in [-0.15, -0.1) is 0 Å². The minimum absolute atomic E-state index is 0.0437. The first-order chi connectivity index (χ1) is 5.72. The second-order valence-corrected chi connectivity index (χ2v) is 3.43. The van der Waals surface area contributed by atoms with E-state index in [1.165, 1.54) is 0 Å². The van der Waals surface area contributed by atoms with E-state index >= 15 is 0 Å². The lowest BCUT2D eigenvalue weighted by Crippen LogP contribution is -2.16. The van der Waals surface area contributed by atoms with Gasteiger partial charge >= 0.3 is 5.97 Å². The molecule has 0 N–H and O–H groups in total.